The first kappa shape index (κ1) is 10.9. The molecular weight excluding hydrogens is 190 g/mol. The van der Waals surface area contributed by atoms with Crippen molar-refractivity contribution < 1.29 is 9.94 Å². The molecule has 3 nitrogen and oxygen atoms in total. The lowest BCUT2D eigenvalue weighted by molar-refractivity contribution is -0.0356. The van der Waals surface area contributed by atoms with Crippen molar-refractivity contribution in [2.75, 3.05) is 7.11 Å². The Morgan fingerprint density at radius 3 is 2.60 bits per heavy atom. The number of hydrogen-bond acceptors (Lipinski definition) is 3. The van der Waals surface area contributed by atoms with Crippen LogP contribution in [-0.4, -0.2) is 24.0 Å². The molecule has 3 heteroatoms. The fraction of sp³-hybridized carbons (Fsp3) is 0.917. The molecule has 0 aromatic heterocycles. The number of aliphatic hydroxyl groups is 1. The van der Waals surface area contributed by atoms with Gasteiger partial charge in [-0.05, 0) is 31.1 Å². The van der Waals surface area contributed by atoms with E-state index in [-0.39, 0.29) is 12.0 Å². The zero-order chi connectivity index (χ0) is 11.2. The predicted molar refractivity (Wildman–Crippen MR) is 59.6 cm³/mol. The van der Waals surface area contributed by atoms with Crippen molar-refractivity contribution >= 4 is 5.71 Å². The van der Waals surface area contributed by atoms with E-state index in [1.165, 1.54) is 6.42 Å². The zero-order valence-corrected chi connectivity index (χ0v) is 10.0. The lowest BCUT2D eigenvalue weighted by atomic mass is 9.45. The van der Waals surface area contributed by atoms with Crippen LogP contribution in [-0.2, 0) is 4.84 Å². The van der Waals surface area contributed by atoms with Crippen LogP contribution in [0.1, 0.15) is 33.6 Å². The minimum Gasteiger partial charge on any atom is -0.399 e. The largest absolute Gasteiger partial charge is 0.399 e. The Hall–Kier alpha value is -0.570. The van der Waals surface area contributed by atoms with E-state index in [0.29, 0.717) is 11.3 Å². The van der Waals surface area contributed by atoms with Crippen molar-refractivity contribution in [3.63, 3.8) is 0 Å². The van der Waals surface area contributed by atoms with Crippen molar-refractivity contribution in [1.82, 2.24) is 0 Å². The van der Waals surface area contributed by atoms with Gasteiger partial charge < -0.3 is 9.94 Å². The lowest BCUT2D eigenvalue weighted by Gasteiger charge is -2.59. The second-order valence-corrected chi connectivity index (χ2v) is 5.59. The molecule has 86 valence electrons. The van der Waals surface area contributed by atoms with Gasteiger partial charge in [0.1, 0.15) is 7.11 Å². The second-order valence-electron chi connectivity index (χ2n) is 5.59. The van der Waals surface area contributed by atoms with Crippen LogP contribution in [0.15, 0.2) is 5.16 Å². The highest BCUT2D eigenvalue weighted by atomic mass is 16.6. The summed E-state index contributed by atoms with van der Waals surface area (Å²) in [6.45, 7) is 6.46. The first-order valence-corrected chi connectivity index (χ1v) is 5.77. The molecule has 1 N–H and O–H groups in total. The van der Waals surface area contributed by atoms with Crippen molar-refractivity contribution in [1.29, 1.82) is 0 Å². The van der Waals surface area contributed by atoms with Crippen LogP contribution in [0.4, 0.5) is 0 Å². The van der Waals surface area contributed by atoms with E-state index in [9.17, 15) is 5.11 Å². The Balaban J connectivity index is 2.24. The van der Waals surface area contributed by atoms with Gasteiger partial charge in [-0.2, -0.15) is 0 Å². The summed E-state index contributed by atoms with van der Waals surface area (Å²) >= 11 is 0. The minimum absolute atomic E-state index is 0.210. The molecule has 4 atom stereocenters. The van der Waals surface area contributed by atoms with E-state index in [1.54, 1.807) is 7.11 Å². The molecule has 0 saturated heterocycles. The third-order valence-electron chi connectivity index (χ3n) is 4.52. The van der Waals surface area contributed by atoms with E-state index >= 15 is 0 Å². The van der Waals surface area contributed by atoms with Crippen LogP contribution >= 0.6 is 0 Å². The Labute approximate surface area is 91.5 Å². The van der Waals surface area contributed by atoms with Crippen LogP contribution in [0.2, 0.25) is 0 Å². The summed E-state index contributed by atoms with van der Waals surface area (Å²) in [6.07, 6.45) is 1.97. The monoisotopic (exact) mass is 211 g/mol. The smallest absolute Gasteiger partial charge is 0.106 e. The molecule has 3 aliphatic carbocycles. The summed E-state index contributed by atoms with van der Waals surface area (Å²) in [5.41, 5.74) is 1.43. The first-order valence-electron chi connectivity index (χ1n) is 5.77. The summed E-state index contributed by atoms with van der Waals surface area (Å²) in [7, 11) is 1.59. The molecule has 0 heterocycles. The van der Waals surface area contributed by atoms with Gasteiger partial charge in [-0.3, -0.25) is 0 Å². The third kappa shape index (κ3) is 1.48. The number of nitrogens with zero attached hydrogens (tertiary/aromatic N) is 1. The number of rotatable bonds is 2. The third-order valence-corrected chi connectivity index (χ3v) is 4.52. The molecule has 0 aliphatic heterocycles. The molecule has 2 bridgehead atoms. The molecule has 15 heavy (non-hydrogen) atoms. The molecule has 1 unspecified atom stereocenters. The molecule has 3 saturated carbocycles. The highest BCUT2D eigenvalue weighted by Gasteiger charge is 2.57. The maximum atomic E-state index is 9.75. The molecule has 3 rings (SSSR count). The van der Waals surface area contributed by atoms with Crippen molar-refractivity contribution in [2.24, 2.45) is 28.3 Å². The van der Waals surface area contributed by atoms with Crippen LogP contribution < -0.4 is 0 Å². The number of oxime groups is 1. The first-order chi connectivity index (χ1) is 6.98. The fourth-order valence-electron chi connectivity index (χ4n) is 3.28. The molecular formula is C12H21NO2. The van der Waals surface area contributed by atoms with Gasteiger partial charge >= 0.3 is 0 Å². The average molecular weight is 211 g/mol. The minimum atomic E-state index is -0.305. The maximum absolute atomic E-state index is 9.75. The van der Waals surface area contributed by atoms with Crippen molar-refractivity contribution in [3.05, 3.63) is 0 Å². The second kappa shape index (κ2) is 3.48. The molecule has 0 aromatic rings. The summed E-state index contributed by atoms with van der Waals surface area (Å²) in [6, 6.07) is 0. The normalized spacial score (nSPS) is 42.2. The highest BCUT2D eigenvalue weighted by Crippen LogP contribution is 2.59. The maximum Gasteiger partial charge on any atom is 0.106 e. The number of aliphatic hydroxyl groups excluding tert-OH is 1. The summed E-state index contributed by atoms with van der Waals surface area (Å²) in [4.78, 5) is 4.93. The van der Waals surface area contributed by atoms with E-state index in [4.69, 9.17) is 4.84 Å². The van der Waals surface area contributed by atoms with E-state index in [2.05, 4.69) is 19.0 Å². The standard InChI is InChI=1S/C12H21NO2/c1-7(14)9-5-8-6-10(12(8,2)3)11(9)13-15-4/h7-10,14H,5-6H2,1-4H3/b13-11-/t7?,8-,9+,10+/m1/s1. The molecule has 3 aliphatic rings. The lowest BCUT2D eigenvalue weighted by Crippen LogP contribution is -2.58. The molecule has 0 amide bonds. The quantitative estimate of drug-likeness (QED) is 0.710. The van der Waals surface area contributed by atoms with Gasteiger partial charge in [-0.1, -0.05) is 19.0 Å². The van der Waals surface area contributed by atoms with E-state index in [0.717, 1.165) is 18.1 Å². The summed E-state index contributed by atoms with van der Waals surface area (Å²) in [5, 5.41) is 13.9. The van der Waals surface area contributed by atoms with E-state index < -0.39 is 0 Å². The van der Waals surface area contributed by atoms with Gasteiger partial charge in [-0.25, -0.2) is 0 Å². The molecule has 0 spiro atoms. The van der Waals surface area contributed by atoms with Gasteiger partial charge in [0.05, 0.1) is 11.8 Å². The Bertz CT molecular complexity index is 279. The van der Waals surface area contributed by atoms with Crippen LogP contribution in [0.3, 0.4) is 0 Å². The Morgan fingerprint density at radius 1 is 1.47 bits per heavy atom. The Kier molecular flexibility index (Phi) is 2.53. The van der Waals surface area contributed by atoms with Gasteiger partial charge in [0.2, 0.25) is 0 Å². The predicted octanol–water partition coefficient (Wildman–Crippen LogP) is 2.05. The van der Waals surface area contributed by atoms with Crippen molar-refractivity contribution in [2.45, 2.75) is 39.7 Å². The van der Waals surface area contributed by atoms with Crippen LogP contribution in [0.5, 0.6) is 0 Å². The number of hydrogen-bond donors (Lipinski definition) is 1. The van der Waals surface area contributed by atoms with Crippen LogP contribution in [0, 0.1) is 23.2 Å². The van der Waals surface area contributed by atoms with Gasteiger partial charge in [-0.15, -0.1) is 0 Å². The fourth-order valence-corrected chi connectivity index (χ4v) is 3.28. The van der Waals surface area contributed by atoms with E-state index in [1.807, 2.05) is 6.92 Å². The zero-order valence-electron chi connectivity index (χ0n) is 10.0. The molecule has 0 aromatic carbocycles. The number of fused-ring (bicyclic) bond motifs is 2. The topological polar surface area (TPSA) is 41.8 Å². The summed E-state index contributed by atoms with van der Waals surface area (Å²) in [5.74, 6) is 1.47. The summed E-state index contributed by atoms with van der Waals surface area (Å²) < 4.78 is 0. The van der Waals surface area contributed by atoms with Gasteiger partial charge in [0.25, 0.3) is 0 Å². The average Bonchev–Trinajstić information content (AvgIpc) is 2.17. The molecule has 0 radical (unpaired) electrons. The highest BCUT2D eigenvalue weighted by molar-refractivity contribution is 5.92. The van der Waals surface area contributed by atoms with Crippen molar-refractivity contribution in [3.8, 4) is 0 Å². The Morgan fingerprint density at radius 2 is 2.13 bits per heavy atom. The van der Waals surface area contributed by atoms with Gasteiger partial charge in [0, 0.05) is 11.8 Å². The van der Waals surface area contributed by atoms with Gasteiger partial charge in [0.15, 0.2) is 0 Å². The molecule has 3 fully saturated rings. The SMILES string of the molecule is CO/N=C1/[C@H](C(C)O)C[C@@H]2C[C@@H]1C2(C)C. The van der Waals surface area contributed by atoms with Crippen LogP contribution in [0.25, 0.3) is 0 Å².